The number of carbonyl (C=O) groups is 1. The summed E-state index contributed by atoms with van der Waals surface area (Å²) in [6.07, 6.45) is -7.96. The summed E-state index contributed by atoms with van der Waals surface area (Å²) in [4.78, 5) is 13.6. The Labute approximate surface area is 129 Å². The van der Waals surface area contributed by atoms with Crippen molar-refractivity contribution in [1.29, 1.82) is 0 Å². The van der Waals surface area contributed by atoms with E-state index in [-0.39, 0.29) is 19.6 Å². The molecular weight excluding hydrogens is 321 g/mol. The molecule has 0 aromatic carbocycles. The van der Waals surface area contributed by atoms with Gasteiger partial charge < -0.3 is 20.3 Å². The lowest BCUT2D eigenvalue weighted by molar-refractivity contribution is -0.180. The number of halogens is 3. The number of alkyl halides is 3. The van der Waals surface area contributed by atoms with Crippen molar-refractivity contribution < 1.29 is 32.9 Å². The number of aliphatic hydroxyl groups is 2. The van der Waals surface area contributed by atoms with Gasteiger partial charge in [-0.15, -0.1) is 6.58 Å². The average molecular weight is 338 g/mol. The van der Waals surface area contributed by atoms with Crippen LogP contribution in [0.4, 0.5) is 13.2 Å². The molecule has 130 valence electrons. The van der Waals surface area contributed by atoms with Crippen LogP contribution in [-0.4, -0.2) is 59.8 Å². The van der Waals surface area contributed by atoms with Crippen LogP contribution >= 0.6 is 0 Å². The Morgan fingerprint density at radius 3 is 2.65 bits per heavy atom. The third kappa shape index (κ3) is 5.10. The second-order valence-corrected chi connectivity index (χ2v) is 5.05. The first kappa shape index (κ1) is 19.2. The molecule has 0 bridgehead atoms. The first-order valence-corrected chi connectivity index (χ1v) is 6.69. The Kier molecular flexibility index (Phi) is 6.82. The van der Waals surface area contributed by atoms with E-state index in [0.717, 1.165) is 0 Å². The quantitative estimate of drug-likeness (QED) is 0.284. The van der Waals surface area contributed by atoms with Crippen LogP contribution in [0.1, 0.15) is 6.42 Å². The van der Waals surface area contributed by atoms with Crippen LogP contribution in [0.5, 0.6) is 0 Å². The number of amides is 1. The molecule has 1 aliphatic carbocycles. The number of azide groups is 1. The molecule has 0 aromatic heterocycles. The minimum absolute atomic E-state index is 0.00606. The maximum absolute atomic E-state index is 12.4. The molecule has 0 unspecified atom stereocenters. The van der Waals surface area contributed by atoms with Gasteiger partial charge in [0.05, 0.1) is 24.9 Å². The number of aliphatic hydroxyl groups excluding tert-OH is 2. The summed E-state index contributed by atoms with van der Waals surface area (Å²) in [5, 5.41) is 24.9. The van der Waals surface area contributed by atoms with Gasteiger partial charge in [-0.1, -0.05) is 11.2 Å². The Hall–Kier alpha value is -1.81. The Balaban J connectivity index is 2.93. The largest absolute Gasteiger partial charge is 0.471 e. The lowest BCUT2D eigenvalue weighted by atomic mass is 9.79. The molecule has 3 N–H and O–H groups in total. The third-order valence-electron chi connectivity index (χ3n) is 3.50. The lowest BCUT2D eigenvalue weighted by Crippen LogP contribution is -2.63. The van der Waals surface area contributed by atoms with Gasteiger partial charge in [0.25, 0.3) is 0 Å². The zero-order valence-electron chi connectivity index (χ0n) is 12.0. The van der Waals surface area contributed by atoms with Crippen LogP contribution in [0.25, 0.3) is 10.4 Å². The molecule has 1 aliphatic rings. The number of rotatable bonds is 6. The molecule has 8 nitrogen and oxygen atoms in total. The molecule has 0 radical (unpaired) electrons. The van der Waals surface area contributed by atoms with E-state index in [2.05, 4.69) is 16.6 Å². The average Bonchev–Trinajstić information content (AvgIpc) is 2.48. The minimum Gasteiger partial charge on any atom is -0.390 e. The standard InChI is InChI=1S/C12H17F3N4O4/c1-2-3-23-7-4-6(5-17-19-16)9(20)10(21)8(7)18-11(22)12(13,14)15/h2,6-10,20-21H,1,3-5H2,(H,18,22)/t6-,7+,8+,9+,10-/m1/s1. The van der Waals surface area contributed by atoms with Crippen molar-refractivity contribution in [3.8, 4) is 0 Å². The smallest absolute Gasteiger partial charge is 0.390 e. The third-order valence-corrected chi connectivity index (χ3v) is 3.50. The van der Waals surface area contributed by atoms with Crippen molar-refractivity contribution in [1.82, 2.24) is 5.32 Å². The molecule has 5 atom stereocenters. The van der Waals surface area contributed by atoms with E-state index < -0.39 is 42.4 Å². The Morgan fingerprint density at radius 1 is 1.48 bits per heavy atom. The molecule has 0 aromatic rings. The van der Waals surface area contributed by atoms with E-state index in [4.69, 9.17) is 10.3 Å². The summed E-state index contributed by atoms with van der Waals surface area (Å²) >= 11 is 0. The van der Waals surface area contributed by atoms with Gasteiger partial charge in [-0.25, -0.2) is 0 Å². The maximum Gasteiger partial charge on any atom is 0.471 e. The highest BCUT2D eigenvalue weighted by atomic mass is 19.4. The number of nitrogens with zero attached hydrogens (tertiary/aromatic N) is 3. The first-order chi connectivity index (χ1) is 10.7. The van der Waals surface area contributed by atoms with E-state index in [1.807, 2.05) is 0 Å². The van der Waals surface area contributed by atoms with Gasteiger partial charge in [0.1, 0.15) is 6.10 Å². The zero-order valence-corrected chi connectivity index (χ0v) is 12.0. The Bertz CT molecular complexity index is 481. The van der Waals surface area contributed by atoms with Crippen LogP contribution in [0.15, 0.2) is 17.8 Å². The van der Waals surface area contributed by atoms with Crippen LogP contribution in [0, 0.1) is 5.92 Å². The van der Waals surface area contributed by atoms with Gasteiger partial charge >= 0.3 is 12.1 Å². The van der Waals surface area contributed by atoms with Gasteiger partial charge in [-0.3, -0.25) is 4.79 Å². The van der Waals surface area contributed by atoms with Gasteiger partial charge in [-0.2, -0.15) is 13.2 Å². The topological polar surface area (TPSA) is 128 Å². The van der Waals surface area contributed by atoms with E-state index in [1.165, 1.54) is 6.08 Å². The number of nitrogens with one attached hydrogen (secondary N) is 1. The summed E-state index contributed by atoms with van der Waals surface area (Å²) in [6, 6.07) is -1.46. The monoisotopic (exact) mass is 338 g/mol. The predicted octanol–water partition coefficient (Wildman–Crippen LogP) is 0.657. The highest BCUT2D eigenvalue weighted by molar-refractivity contribution is 5.82. The molecule has 0 saturated heterocycles. The minimum atomic E-state index is -5.13. The first-order valence-electron chi connectivity index (χ1n) is 6.69. The normalized spacial score (nSPS) is 31.1. The fraction of sp³-hybridized carbons (Fsp3) is 0.750. The predicted molar refractivity (Wildman–Crippen MR) is 72.1 cm³/mol. The molecular formula is C12H17F3N4O4. The van der Waals surface area contributed by atoms with Crippen molar-refractivity contribution in [2.45, 2.75) is 37.0 Å². The molecule has 1 fully saturated rings. The van der Waals surface area contributed by atoms with Crippen molar-refractivity contribution >= 4 is 5.91 Å². The fourth-order valence-corrected chi connectivity index (χ4v) is 2.39. The number of carbonyl (C=O) groups excluding carboxylic acids is 1. The molecule has 11 heteroatoms. The van der Waals surface area contributed by atoms with E-state index >= 15 is 0 Å². The second kappa shape index (κ2) is 8.16. The van der Waals surface area contributed by atoms with Crippen LogP contribution in [0.2, 0.25) is 0 Å². The van der Waals surface area contributed by atoms with E-state index in [9.17, 15) is 28.2 Å². The van der Waals surface area contributed by atoms with Gasteiger partial charge in [0.15, 0.2) is 0 Å². The molecule has 0 spiro atoms. The highest BCUT2D eigenvalue weighted by Gasteiger charge is 2.48. The SMILES string of the molecule is C=CCO[C@H]1C[C@H](CN=[N+]=[N-])[C@H](O)[C@H](O)[C@H]1NC(=O)C(F)(F)F. The van der Waals surface area contributed by atoms with Crippen molar-refractivity contribution in [2.75, 3.05) is 13.2 Å². The lowest BCUT2D eigenvalue weighted by Gasteiger charge is -2.42. The summed E-state index contributed by atoms with van der Waals surface area (Å²) in [6.45, 7) is 3.21. The number of hydrogen-bond donors (Lipinski definition) is 3. The van der Waals surface area contributed by atoms with Gasteiger partial charge in [0, 0.05) is 11.5 Å². The van der Waals surface area contributed by atoms with Gasteiger partial charge in [0.2, 0.25) is 0 Å². The van der Waals surface area contributed by atoms with Crippen molar-refractivity contribution in [3.63, 3.8) is 0 Å². The molecule has 1 saturated carbocycles. The molecule has 0 heterocycles. The maximum atomic E-state index is 12.4. The van der Waals surface area contributed by atoms with Crippen LogP contribution in [0.3, 0.4) is 0 Å². The molecule has 1 rings (SSSR count). The van der Waals surface area contributed by atoms with Crippen LogP contribution < -0.4 is 5.32 Å². The Morgan fingerprint density at radius 2 is 2.13 bits per heavy atom. The zero-order chi connectivity index (χ0) is 17.6. The van der Waals surface area contributed by atoms with Crippen LogP contribution in [-0.2, 0) is 9.53 Å². The summed E-state index contributed by atoms with van der Waals surface area (Å²) in [7, 11) is 0. The molecule has 1 amide bonds. The summed E-state index contributed by atoms with van der Waals surface area (Å²) in [5.74, 6) is -2.95. The number of ether oxygens (including phenoxy) is 1. The van der Waals surface area contributed by atoms with Crippen molar-refractivity contribution in [2.24, 2.45) is 11.0 Å². The summed E-state index contributed by atoms with van der Waals surface area (Å²) in [5.41, 5.74) is 8.30. The highest BCUT2D eigenvalue weighted by Crippen LogP contribution is 2.29. The van der Waals surface area contributed by atoms with E-state index in [1.54, 1.807) is 5.32 Å². The van der Waals surface area contributed by atoms with E-state index in [0.29, 0.717) is 0 Å². The fourth-order valence-electron chi connectivity index (χ4n) is 2.39. The second-order valence-electron chi connectivity index (χ2n) is 5.05. The van der Waals surface area contributed by atoms with Gasteiger partial charge in [-0.05, 0) is 17.9 Å². The summed E-state index contributed by atoms with van der Waals surface area (Å²) < 4.78 is 42.4. The number of hydrogen-bond acceptors (Lipinski definition) is 5. The molecule has 0 aliphatic heterocycles. The molecule has 23 heavy (non-hydrogen) atoms. The van der Waals surface area contributed by atoms with Crippen molar-refractivity contribution in [3.05, 3.63) is 23.1 Å².